The number of halogens is 1. The van der Waals surface area contributed by atoms with Gasteiger partial charge in [0.2, 0.25) is 0 Å². The van der Waals surface area contributed by atoms with Crippen LogP contribution in [-0.2, 0) is 4.79 Å². The molecular weight excluding hydrogens is 416 g/mol. The van der Waals surface area contributed by atoms with Crippen LogP contribution in [0.4, 0.5) is 11.5 Å². The minimum absolute atomic E-state index is 0.0158. The van der Waals surface area contributed by atoms with Gasteiger partial charge in [0.15, 0.2) is 0 Å². The monoisotopic (exact) mass is 430 g/mol. The Hall–Kier alpha value is -3.30. The van der Waals surface area contributed by atoms with Crippen molar-refractivity contribution in [3.05, 3.63) is 69.1 Å². The first-order chi connectivity index (χ1) is 14.0. The molecule has 1 atom stereocenters. The summed E-state index contributed by atoms with van der Waals surface area (Å²) in [6.45, 7) is 0. The van der Waals surface area contributed by atoms with Crippen LogP contribution in [0.25, 0.3) is 0 Å². The van der Waals surface area contributed by atoms with Gasteiger partial charge in [0.05, 0.1) is 18.3 Å². The molecule has 0 unspecified atom stereocenters. The molecule has 1 aliphatic rings. The molecule has 3 N–H and O–H groups in total. The van der Waals surface area contributed by atoms with E-state index in [1.165, 1.54) is 24.6 Å². The Morgan fingerprint density at radius 1 is 1.38 bits per heavy atom. The number of carboxylic acid groups (broad SMARTS) is 1. The molecule has 10 heteroatoms. The minimum Gasteiger partial charge on any atom is -0.495 e. The van der Waals surface area contributed by atoms with Crippen LogP contribution >= 0.6 is 22.9 Å². The molecule has 3 heterocycles. The third-order valence-corrected chi connectivity index (χ3v) is 5.59. The van der Waals surface area contributed by atoms with Crippen molar-refractivity contribution in [3.63, 3.8) is 0 Å². The van der Waals surface area contributed by atoms with Crippen molar-refractivity contribution < 1.29 is 19.4 Å². The zero-order chi connectivity index (χ0) is 20.5. The summed E-state index contributed by atoms with van der Waals surface area (Å²) in [7, 11) is 1.50. The van der Waals surface area contributed by atoms with E-state index >= 15 is 0 Å². The summed E-state index contributed by atoms with van der Waals surface area (Å²) in [4.78, 5) is 25.3. The van der Waals surface area contributed by atoms with Crippen molar-refractivity contribution in [3.8, 4) is 5.75 Å². The van der Waals surface area contributed by atoms with Gasteiger partial charge < -0.3 is 20.5 Å². The van der Waals surface area contributed by atoms with Crippen LogP contribution in [0, 0.1) is 0 Å². The maximum absolute atomic E-state index is 12.8. The number of anilines is 2. The Bertz CT molecular complexity index is 1120. The quantitative estimate of drug-likeness (QED) is 0.568. The fourth-order valence-electron chi connectivity index (χ4n) is 2.99. The number of thiophene rings is 1. The van der Waals surface area contributed by atoms with E-state index in [0.29, 0.717) is 22.3 Å². The number of methoxy groups -OCH3 is 1. The van der Waals surface area contributed by atoms with Crippen LogP contribution in [-0.4, -0.2) is 33.9 Å². The molecule has 0 saturated carbocycles. The van der Waals surface area contributed by atoms with Crippen LogP contribution < -0.4 is 15.4 Å². The van der Waals surface area contributed by atoms with E-state index in [0.717, 1.165) is 4.88 Å². The van der Waals surface area contributed by atoms with Gasteiger partial charge in [-0.2, -0.15) is 5.10 Å². The average molecular weight is 431 g/mol. The van der Waals surface area contributed by atoms with Gasteiger partial charge in [-0.1, -0.05) is 17.7 Å². The molecule has 1 aliphatic heterocycles. The number of carboxylic acids is 1. The Morgan fingerprint density at radius 2 is 2.21 bits per heavy atom. The van der Waals surface area contributed by atoms with Crippen molar-refractivity contribution in [2.75, 3.05) is 17.7 Å². The Labute approximate surface area is 174 Å². The molecule has 0 bridgehead atoms. The molecule has 1 aromatic carbocycles. The molecule has 29 heavy (non-hydrogen) atoms. The second kappa shape index (κ2) is 7.61. The van der Waals surface area contributed by atoms with E-state index in [-0.39, 0.29) is 11.3 Å². The maximum atomic E-state index is 12.8. The number of nitrogens with one attached hydrogen (secondary N) is 2. The Kier molecular flexibility index (Phi) is 4.99. The summed E-state index contributed by atoms with van der Waals surface area (Å²) >= 11 is 7.59. The van der Waals surface area contributed by atoms with Crippen LogP contribution in [0.1, 0.15) is 21.3 Å². The Balaban J connectivity index is 1.67. The number of carbonyl (C=O) groups excluding carboxylic acids is 1. The number of carbonyl (C=O) groups is 2. The van der Waals surface area contributed by atoms with Gasteiger partial charge in [-0.25, -0.2) is 9.48 Å². The molecule has 0 radical (unpaired) electrons. The van der Waals surface area contributed by atoms with E-state index in [1.54, 1.807) is 29.0 Å². The molecule has 0 aliphatic carbocycles. The molecule has 3 aromatic rings. The summed E-state index contributed by atoms with van der Waals surface area (Å²) in [6.07, 6.45) is 2.97. The first kappa shape index (κ1) is 19.0. The number of fused-ring (bicyclic) bond motifs is 1. The first-order valence-electron chi connectivity index (χ1n) is 8.46. The van der Waals surface area contributed by atoms with Gasteiger partial charge in [-0.3, -0.25) is 4.79 Å². The van der Waals surface area contributed by atoms with Gasteiger partial charge >= 0.3 is 5.97 Å². The van der Waals surface area contributed by atoms with Crippen LogP contribution in [0.2, 0.25) is 5.02 Å². The molecule has 0 spiro atoms. The summed E-state index contributed by atoms with van der Waals surface area (Å²) in [6, 6.07) is 8.21. The van der Waals surface area contributed by atoms with E-state index < -0.39 is 17.9 Å². The number of nitrogens with zero attached hydrogens (tertiary/aromatic N) is 2. The molecule has 0 saturated heterocycles. The highest BCUT2D eigenvalue weighted by Crippen LogP contribution is 2.34. The third-order valence-electron chi connectivity index (χ3n) is 4.36. The molecule has 2 aromatic heterocycles. The van der Waals surface area contributed by atoms with Crippen LogP contribution in [0.3, 0.4) is 0 Å². The minimum atomic E-state index is -1.12. The normalized spacial score (nSPS) is 15.1. The van der Waals surface area contributed by atoms with Gasteiger partial charge in [-0.15, -0.1) is 11.3 Å². The molecule has 4 rings (SSSR count). The van der Waals surface area contributed by atoms with Gasteiger partial charge in [-0.05, 0) is 35.7 Å². The highest BCUT2D eigenvalue weighted by atomic mass is 35.5. The number of aliphatic carboxylic acids is 1. The standard InChI is InChI=1S/C19H15ClN4O4S/c1-28-15-5-4-10(7-12(15)20)22-18(25)11-9-21-24-14(16-3-2-6-29-16)8-13(19(26)27)23-17(11)24/h2-9,14,23H,1H3,(H,22,25)(H,26,27)/t14-/m0/s1. The zero-order valence-corrected chi connectivity index (χ0v) is 16.6. The summed E-state index contributed by atoms with van der Waals surface area (Å²) in [5.74, 6) is -0.770. The predicted molar refractivity (Wildman–Crippen MR) is 110 cm³/mol. The smallest absolute Gasteiger partial charge is 0.352 e. The fourth-order valence-corrected chi connectivity index (χ4v) is 4.03. The topological polar surface area (TPSA) is 105 Å². The molecule has 1 amide bonds. The lowest BCUT2D eigenvalue weighted by molar-refractivity contribution is -0.132. The number of benzene rings is 1. The number of hydrogen-bond acceptors (Lipinski definition) is 6. The highest BCUT2D eigenvalue weighted by Gasteiger charge is 2.29. The molecular formula is C19H15ClN4O4S. The number of allylic oxidation sites excluding steroid dienone is 1. The molecule has 0 fully saturated rings. The van der Waals surface area contributed by atoms with E-state index in [4.69, 9.17) is 16.3 Å². The van der Waals surface area contributed by atoms with Crippen molar-refractivity contribution >= 4 is 46.3 Å². The van der Waals surface area contributed by atoms with E-state index in [1.807, 2.05) is 17.5 Å². The van der Waals surface area contributed by atoms with Gasteiger partial charge in [0.25, 0.3) is 5.91 Å². The van der Waals surface area contributed by atoms with Crippen molar-refractivity contribution in [1.29, 1.82) is 0 Å². The number of aromatic nitrogens is 2. The second-order valence-electron chi connectivity index (χ2n) is 6.13. The number of hydrogen-bond donors (Lipinski definition) is 3. The second-order valence-corrected chi connectivity index (χ2v) is 7.51. The number of amides is 1. The van der Waals surface area contributed by atoms with E-state index in [2.05, 4.69) is 15.7 Å². The number of ether oxygens (including phenoxy) is 1. The lowest BCUT2D eigenvalue weighted by atomic mass is 10.1. The summed E-state index contributed by atoms with van der Waals surface area (Å²) in [5.41, 5.74) is 0.670. The largest absolute Gasteiger partial charge is 0.495 e. The fraction of sp³-hybridized carbons (Fsp3) is 0.105. The van der Waals surface area contributed by atoms with Crippen molar-refractivity contribution in [1.82, 2.24) is 9.78 Å². The van der Waals surface area contributed by atoms with E-state index in [9.17, 15) is 14.7 Å². The van der Waals surface area contributed by atoms with Crippen LogP contribution in [0.15, 0.2) is 53.7 Å². The highest BCUT2D eigenvalue weighted by molar-refractivity contribution is 7.10. The molecule has 148 valence electrons. The average Bonchev–Trinajstić information content (AvgIpc) is 3.37. The Morgan fingerprint density at radius 3 is 2.86 bits per heavy atom. The zero-order valence-electron chi connectivity index (χ0n) is 15.0. The first-order valence-corrected chi connectivity index (χ1v) is 9.71. The lowest BCUT2D eigenvalue weighted by Gasteiger charge is -2.23. The van der Waals surface area contributed by atoms with Crippen molar-refractivity contribution in [2.45, 2.75) is 6.04 Å². The van der Waals surface area contributed by atoms with Gasteiger partial charge in [0.1, 0.15) is 28.9 Å². The van der Waals surface area contributed by atoms with Gasteiger partial charge in [0, 0.05) is 10.6 Å². The SMILES string of the molecule is COc1ccc(NC(=O)c2cnn3c2NC(C(=O)O)=C[C@H]3c2cccs2)cc1Cl. The van der Waals surface area contributed by atoms with Crippen LogP contribution in [0.5, 0.6) is 5.75 Å². The summed E-state index contributed by atoms with van der Waals surface area (Å²) < 4.78 is 6.70. The molecule has 8 nitrogen and oxygen atoms in total. The number of rotatable bonds is 5. The van der Waals surface area contributed by atoms with Crippen molar-refractivity contribution in [2.24, 2.45) is 0 Å². The predicted octanol–water partition coefficient (Wildman–Crippen LogP) is 3.84. The third kappa shape index (κ3) is 3.57. The maximum Gasteiger partial charge on any atom is 0.352 e. The summed E-state index contributed by atoms with van der Waals surface area (Å²) in [5, 5.41) is 21.6. The lowest BCUT2D eigenvalue weighted by Crippen LogP contribution is -2.25.